The molecule has 0 spiro atoms. The van der Waals surface area contributed by atoms with Crippen LogP contribution in [0.4, 0.5) is 24.5 Å². The molecule has 26 heavy (non-hydrogen) atoms. The third-order valence-corrected chi connectivity index (χ3v) is 3.27. The van der Waals surface area contributed by atoms with Crippen LogP contribution in [0.5, 0.6) is 0 Å². The monoisotopic (exact) mass is 366 g/mol. The number of carbonyl (C=O) groups excluding carboxylic acids is 3. The molecule has 0 saturated carbocycles. The highest BCUT2D eigenvalue weighted by molar-refractivity contribution is 6.44. The van der Waals surface area contributed by atoms with Crippen LogP contribution in [0.1, 0.15) is 15.9 Å². The fourth-order valence-corrected chi connectivity index (χ4v) is 2.08. The van der Waals surface area contributed by atoms with Gasteiger partial charge in [-0.05, 0) is 24.3 Å². The number of hydrogen-bond donors (Lipinski definition) is 2. The molecule has 0 heterocycles. The van der Waals surface area contributed by atoms with Gasteiger partial charge in [-0.2, -0.15) is 13.2 Å². The molecule has 0 saturated heterocycles. The molecule has 2 amide bonds. The Morgan fingerprint density at radius 2 is 1.35 bits per heavy atom. The Bertz CT molecular complexity index is 850. The third-order valence-electron chi connectivity index (χ3n) is 3.27. The molecule has 0 atom stereocenters. The minimum atomic E-state index is -4.70. The molecule has 0 aliphatic carbocycles. The normalized spacial score (nSPS) is 10.8. The van der Waals surface area contributed by atoms with Crippen LogP contribution in [0.15, 0.2) is 48.5 Å². The standard InChI is InChI=1S/C17H13F3N2O4/c1-26-16(25)10-6-2-4-8-12(10)21-14(23)15(24)22-13-9-5-3-7-11(13)17(18,19)20/h2-9H,1H3,(H,21,23)(H,22,24). The van der Waals surface area contributed by atoms with Crippen molar-refractivity contribution in [1.82, 2.24) is 0 Å². The number of methoxy groups -OCH3 is 1. The van der Waals surface area contributed by atoms with E-state index in [9.17, 15) is 27.6 Å². The summed E-state index contributed by atoms with van der Waals surface area (Å²) in [5.74, 6) is -3.30. The van der Waals surface area contributed by atoms with Crippen molar-refractivity contribution >= 4 is 29.2 Å². The lowest BCUT2D eigenvalue weighted by atomic mass is 10.1. The van der Waals surface area contributed by atoms with E-state index in [1.165, 1.54) is 30.3 Å². The van der Waals surface area contributed by atoms with E-state index >= 15 is 0 Å². The van der Waals surface area contributed by atoms with Crippen molar-refractivity contribution in [3.63, 3.8) is 0 Å². The van der Waals surface area contributed by atoms with Gasteiger partial charge in [-0.1, -0.05) is 24.3 Å². The Morgan fingerprint density at radius 1 is 0.846 bits per heavy atom. The van der Waals surface area contributed by atoms with Crippen molar-refractivity contribution in [1.29, 1.82) is 0 Å². The second-order valence-electron chi connectivity index (χ2n) is 4.99. The van der Waals surface area contributed by atoms with Gasteiger partial charge in [0.05, 0.1) is 29.6 Å². The molecule has 2 N–H and O–H groups in total. The maximum absolute atomic E-state index is 12.9. The van der Waals surface area contributed by atoms with Gasteiger partial charge >= 0.3 is 24.0 Å². The van der Waals surface area contributed by atoms with Crippen molar-refractivity contribution in [3.8, 4) is 0 Å². The predicted octanol–water partition coefficient (Wildman–Crippen LogP) is 3.07. The maximum Gasteiger partial charge on any atom is 0.418 e. The molecular weight excluding hydrogens is 353 g/mol. The molecule has 2 aromatic carbocycles. The molecular formula is C17H13F3N2O4. The number of alkyl halides is 3. The highest BCUT2D eigenvalue weighted by Crippen LogP contribution is 2.34. The summed E-state index contributed by atoms with van der Waals surface area (Å²) in [7, 11) is 1.14. The van der Waals surface area contributed by atoms with Crippen LogP contribution >= 0.6 is 0 Å². The number of rotatable bonds is 3. The van der Waals surface area contributed by atoms with Crippen LogP contribution in [0, 0.1) is 0 Å². The Hall–Kier alpha value is -3.36. The lowest BCUT2D eigenvalue weighted by Gasteiger charge is -2.14. The summed E-state index contributed by atoms with van der Waals surface area (Å²) in [6.07, 6.45) is -4.70. The molecule has 136 valence electrons. The zero-order valence-electron chi connectivity index (χ0n) is 13.4. The molecule has 0 aliphatic heterocycles. The van der Waals surface area contributed by atoms with Gasteiger partial charge in [0.2, 0.25) is 0 Å². The van der Waals surface area contributed by atoms with Gasteiger partial charge in [-0.3, -0.25) is 9.59 Å². The van der Waals surface area contributed by atoms with Gasteiger partial charge in [0, 0.05) is 0 Å². The van der Waals surface area contributed by atoms with Gasteiger partial charge in [-0.15, -0.1) is 0 Å². The number of ether oxygens (including phenoxy) is 1. The predicted molar refractivity (Wildman–Crippen MR) is 86.5 cm³/mol. The fraction of sp³-hybridized carbons (Fsp3) is 0.118. The third kappa shape index (κ3) is 4.38. The van der Waals surface area contributed by atoms with Gasteiger partial charge in [0.15, 0.2) is 0 Å². The van der Waals surface area contributed by atoms with E-state index in [1.54, 1.807) is 0 Å². The zero-order valence-corrected chi connectivity index (χ0v) is 13.4. The SMILES string of the molecule is COC(=O)c1ccccc1NC(=O)C(=O)Nc1ccccc1C(F)(F)F. The van der Waals surface area contributed by atoms with Gasteiger partial charge in [0.25, 0.3) is 0 Å². The van der Waals surface area contributed by atoms with Gasteiger partial charge in [0.1, 0.15) is 0 Å². The average molecular weight is 366 g/mol. The van der Waals surface area contributed by atoms with E-state index < -0.39 is 35.2 Å². The quantitative estimate of drug-likeness (QED) is 0.646. The lowest BCUT2D eigenvalue weighted by molar-refractivity contribution is -0.137. The molecule has 0 bridgehead atoms. The second-order valence-corrected chi connectivity index (χ2v) is 4.99. The van der Waals surface area contributed by atoms with E-state index in [0.29, 0.717) is 0 Å². The molecule has 6 nitrogen and oxygen atoms in total. The number of benzene rings is 2. The van der Waals surface area contributed by atoms with E-state index in [4.69, 9.17) is 0 Å². The second kappa shape index (κ2) is 7.68. The molecule has 0 aromatic heterocycles. The molecule has 9 heteroatoms. The van der Waals surface area contributed by atoms with Crippen LogP contribution in [0.2, 0.25) is 0 Å². The number of nitrogens with one attached hydrogen (secondary N) is 2. The number of carbonyl (C=O) groups is 3. The van der Waals surface area contributed by atoms with E-state index in [0.717, 1.165) is 25.3 Å². The van der Waals surface area contributed by atoms with E-state index in [-0.39, 0.29) is 11.3 Å². The minimum Gasteiger partial charge on any atom is -0.465 e. The number of halogens is 3. The first-order chi connectivity index (χ1) is 12.2. The molecule has 0 aliphatic rings. The Kier molecular flexibility index (Phi) is 5.61. The molecule has 0 unspecified atom stereocenters. The molecule has 0 fully saturated rings. The number of esters is 1. The van der Waals surface area contributed by atoms with Crippen molar-refractivity contribution in [2.24, 2.45) is 0 Å². The number of amides is 2. The van der Waals surface area contributed by atoms with Gasteiger partial charge in [-0.25, -0.2) is 4.79 Å². The summed E-state index contributed by atoms with van der Waals surface area (Å²) in [5, 5.41) is 4.08. The zero-order chi connectivity index (χ0) is 19.3. The lowest BCUT2D eigenvalue weighted by Crippen LogP contribution is -2.30. The Morgan fingerprint density at radius 3 is 1.92 bits per heavy atom. The topological polar surface area (TPSA) is 84.5 Å². The first-order valence-corrected chi connectivity index (χ1v) is 7.20. The molecule has 0 radical (unpaired) electrons. The number of anilines is 2. The summed E-state index contributed by atoms with van der Waals surface area (Å²) >= 11 is 0. The van der Waals surface area contributed by atoms with Crippen molar-refractivity contribution in [3.05, 3.63) is 59.7 Å². The smallest absolute Gasteiger partial charge is 0.418 e. The summed E-state index contributed by atoms with van der Waals surface area (Å²) in [6.45, 7) is 0. The van der Waals surface area contributed by atoms with Crippen molar-refractivity contribution in [2.75, 3.05) is 17.7 Å². The highest BCUT2D eigenvalue weighted by Gasteiger charge is 2.34. The van der Waals surface area contributed by atoms with E-state index in [1.807, 2.05) is 5.32 Å². The fourth-order valence-electron chi connectivity index (χ4n) is 2.08. The largest absolute Gasteiger partial charge is 0.465 e. The van der Waals surface area contributed by atoms with Crippen LogP contribution < -0.4 is 10.6 Å². The first kappa shape index (κ1) is 19.0. The number of hydrogen-bond acceptors (Lipinski definition) is 4. The Labute approximate surface area is 146 Å². The van der Waals surface area contributed by atoms with Crippen molar-refractivity contribution in [2.45, 2.75) is 6.18 Å². The van der Waals surface area contributed by atoms with E-state index in [2.05, 4.69) is 10.1 Å². The van der Waals surface area contributed by atoms with Crippen LogP contribution in [-0.2, 0) is 20.5 Å². The Balaban J connectivity index is 2.18. The van der Waals surface area contributed by atoms with Crippen LogP contribution in [0.25, 0.3) is 0 Å². The van der Waals surface area contributed by atoms with Gasteiger partial charge < -0.3 is 15.4 Å². The average Bonchev–Trinajstić information content (AvgIpc) is 2.61. The number of para-hydroxylation sites is 2. The summed E-state index contributed by atoms with van der Waals surface area (Å²) in [5.41, 5.74) is -1.66. The van der Waals surface area contributed by atoms with Crippen LogP contribution in [-0.4, -0.2) is 24.9 Å². The summed E-state index contributed by atoms with van der Waals surface area (Å²) in [4.78, 5) is 35.6. The highest BCUT2D eigenvalue weighted by atomic mass is 19.4. The van der Waals surface area contributed by atoms with Crippen LogP contribution in [0.3, 0.4) is 0 Å². The van der Waals surface area contributed by atoms with Crippen molar-refractivity contribution < 1.29 is 32.3 Å². The molecule has 2 rings (SSSR count). The minimum absolute atomic E-state index is 0.00755. The summed E-state index contributed by atoms with van der Waals surface area (Å²) < 4.78 is 43.3. The summed E-state index contributed by atoms with van der Waals surface area (Å²) in [6, 6.07) is 9.97. The maximum atomic E-state index is 12.9. The first-order valence-electron chi connectivity index (χ1n) is 7.20. The molecule has 2 aromatic rings.